The molecule has 10 nitrogen and oxygen atoms in total. The molecule has 290 valence electrons. The highest BCUT2D eigenvalue weighted by atomic mass is 16.7. The average molecular weight is 740 g/mol. The molecule has 0 spiro atoms. The molecule has 3 fully saturated rings. The molecule has 0 radical (unpaired) electrons. The van der Waals surface area contributed by atoms with Crippen LogP contribution in [0.3, 0.4) is 0 Å². The fraction of sp³-hybridized carbons (Fsp3) is 0.523. The number of likely N-dealkylation sites (tertiary alicyclic amines) is 1. The van der Waals surface area contributed by atoms with Crippen LogP contribution < -0.4 is 10.6 Å². The Hall–Kier alpha value is -4.09. The molecule has 3 aliphatic rings. The van der Waals surface area contributed by atoms with E-state index in [2.05, 4.69) is 21.6 Å². The average Bonchev–Trinajstić information content (AvgIpc) is 3.16. The highest BCUT2D eigenvalue weighted by molar-refractivity contribution is 5.82. The van der Waals surface area contributed by atoms with Crippen LogP contribution in [-0.4, -0.2) is 63.2 Å². The fourth-order valence-electron chi connectivity index (χ4n) is 8.41. The van der Waals surface area contributed by atoms with Crippen LogP contribution in [0.5, 0.6) is 0 Å². The van der Waals surface area contributed by atoms with Crippen molar-refractivity contribution in [2.24, 2.45) is 5.92 Å². The van der Waals surface area contributed by atoms with Gasteiger partial charge in [0.25, 0.3) is 0 Å². The first kappa shape index (κ1) is 39.6. The van der Waals surface area contributed by atoms with Crippen molar-refractivity contribution in [3.05, 3.63) is 95.1 Å². The van der Waals surface area contributed by atoms with E-state index in [1.54, 1.807) is 0 Å². The van der Waals surface area contributed by atoms with Gasteiger partial charge in [-0.1, -0.05) is 73.5 Å². The smallest absolute Gasteiger partial charge is 0.303 e. The summed E-state index contributed by atoms with van der Waals surface area (Å²) in [4.78, 5) is 39.4. The molecule has 3 aromatic carbocycles. The van der Waals surface area contributed by atoms with Crippen LogP contribution in [0.1, 0.15) is 120 Å². The Morgan fingerprint density at radius 2 is 1.57 bits per heavy atom. The molecular weight excluding hydrogens is 682 g/mol. The number of nitrogens with one attached hydrogen (secondary N) is 2. The van der Waals surface area contributed by atoms with Gasteiger partial charge in [-0.25, -0.2) is 0 Å². The molecule has 2 saturated heterocycles. The summed E-state index contributed by atoms with van der Waals surface area (Å²) in [5.41, 5.74) is 5.35. The number of aliphatic hydroxyl groups is 1. The lowest BCUT2D eigenvalue weighted by Gasteiger charge is -2.50. The van der Waals surface area contributed by atoms with E-state index in [1.165, 1.54) is 19.3 Å². The number of amides is 2. The number of aliphatic hydroxyl groups excluding tert-OH is 1. The standard InChI is InChI=1S/C44H57N3O7/c1-44(2,3)46-42(52)38-22-21-31-10-4-5-14-37(31)47(38)27-36-25-39(32-19-17-29(28-48)18-20-32)54-43(53-36)35-13-7-12-34(24-35)33-11-6-9-30(23-33)26-45-40(49)15-8-16-41(50)51/h6-7,9,11-13,17-20,23-24,31,36-39,43,48H,4-5,8,10,14-16,21-22,25-28H2,1-3H3,(H,45,49)(H,46,52)(H,50,51)/t31-,36+,37-,38-,39-,43-/m1/s1. The van der Waals surface area contributed by atoms with Gasteiger partial charge in [0.15, 0.2) is 6.29 Å². The van der Waals surface area contributed by atoms with Crippen molar-refractivity contribution in [1.82, 2.24) is 15.5 Å². The lowest BCUT2D eigenvalue weighted by Crippen LogP contribution is -2.61. The first-order valence-corrected chi connectivity index (χ1v) is 19.7. The van der Waals surface area contributed by atoms with Crippen LogP contribution in [-0.2, 0) is 37.0 Å². The Morgan fingerprint density at radius 1 is 0.833 bits per heavy atom. The van der Waals surface area contributed by atoms with Gasteiger partial charge >= 0.3 is 5.97 Å². The van der Waals surface area contributed by atoms with Gasteiger partial charge in [0.2, 0.25) is 11.8 Å². The Balaban J connectivity index is 1.23. The second kappa shape index (κ2) is 18.0. The number of ether oxygens (including phenoxy) is 2. The highest BCUT2D eigenvalue weighted by Gasteiger charge is 2.44. The zero-order valence-electron chi connectivity index (χ0n) is 32.0. The third-order valence-electron chi connectivity index (χ3n) is 11.0. The Kier molecular flexibility index (Phi) is 13.2. The summed E-state index contributed by atoms with van der Waals surface area (Å²) in [6.07, 6.45) is 6.65. The number of piperidine rings is 1. The first-order valence-electron chi connectivity index (χ1n) is 19.7. The zero-order chi connectivity index (χ0) is 38.2. The number of carbonyl (C=O) groups excluding carboxylic acids is 2. The third kappa shape index (κ3) is 10.6. The van der Waals surface area contributed by atoms with Crippen molar-refractivity contribution in [2.75, 3.05) is 6.54 Å². The molecule has 2 amide bonds. The maximum absolute atomic E-state index is 13.8. The number of fused-ring (bicyclic) bond motifs is 1. The van der Waals surface area contributed by atoms with Crippen molar-refractivity contribution in [2.45, 2.75) is 134 Å². The Labute approximate surface area is 319 Å². The highest BCUT2D eigenvalue weighted by Crippen LogP contribution is 2.42. The molecule has 0 aromatic heterocycles. The number of carboxylic acid groups (broad SMARTS) is 1. The molecule has 3 aromatic rings. The first-order chi connectivity index (χ1) is 26.0. The van der Waals surface area contributed by atoms with Gasteiger partial charge in [-0.05, 0) is 98.7 Å². The molecule has 0 bridgehead atoms. The molecular formula is C44H57N3O7. The molecule has 2 aliphatic heterocycles. The van der Waals surface area contributed by atoms with E-state index >= 15 is 0 Å². The van der Waals surface area contributed by atoms with E-state index in [-0.39, 0.29) is 55.1 Å². The van der Waals surface area contributed by atoms with Gasteiger partial charge < -0.3 is 30.3 Å². The van der Waals surface area contributed by atoms with E-state index in [4.69, 9.17) is 14.6 Å². The minimum absolute atomic E-state index is 0.0249. The summed E-state index contributed by atoms with van der Waals surface area (Å²) in [5, 5.41) is 24.7. The molecule has 1 saturated carbocycles. The van der Waals surface area contributed by atoms with Gasteiger partial charge in [0.05, 0.1) is 24.9 Å². The topological polar surface area (TPSA) is 137 Å². The molecule has 1 aliphatic carbocycles. The maximum Gasteiger partial charge on any atom is 0.303 e. The third-order valence-corrected chi connectivity index (χ3v) is 11.0. The predicted molar refractivity (Wildman–Crippen MR) is 207 cm³/mol. The fourth-order valence-corrected chi connectivity index (χ4v) is 8.41. The monoisotopic (exact) mass is 739 g/mol. The Morgan fingerprint density at radius 3 is 2.31 bits per heavy atom. The van der Waals surface area contributed by atoms with Crippen molar-refractivity contribution in [1.29, 1.82) is 0 Å². The summed E-state index contributed by atoms with van der Waals surface area (Å²) >= 11 is 0. The van der Waals surface area contributed by atoms with Crippen molar-refractivity contribution in [3.8, 4) is 11.1 Å². The number of benzene rings is 3. The van der Waals surface area contributed by atoms with Crippen LogP contribution >= 0.6 is 0 Å². The lowest BCUT2D eigenvalue weighted by molar-refractivity contribution is -0.255. The summed E-state index contributed by atoms with van der Waals surface area (Å²) in [5.74, 6) is -0.389. The number of nitrogens with zero attached hydrogens (tertiary/aromatic N) is 1. The predicted octanol–water partition coefficient (Wildman–Crippen LogP) is 7.20. The number of aliphatic carboxylic acids is 1. The summed E-state index contributed by atoms with van der Waals surface area (Å²) < 4.78 is 13.6. The Bertz CT molecular complexity index is 1740. The molecule has 2 heterocycles. The molecule has 54 heavy (non-hydrogen) atoms. The summed E-state index contributed by atoms with van der Waals surface area (Å²) in [7, 11) is 0. The van der Waals surface area contributed by atoms with Crippen LogP contribution in [0.25, 0.3) is 11.1 Å². The SMILES string of the molecule is CC(C)(C)NC(=O)[C@H]1CC[C@H]2CCCC[C@H]2N1C[C@@H]1C[C@H](c2ccc(CO)cc2)O[C@H](c2cccc(-c3cccc(CNC(=O)CCCC(=O)O)c3)c2)O1. The molecule has 4 N–H and O–H groups in total. The van der Waals surface area contributed by atoms with Gasteiger partial charge in [0.1, 0.15) is 0 Å². The van der Waals surface area contributed by atoms with Crippen molar-refractivity contribution in [3.63, 3.8) is 0 Å². The second-order valence-electron chi connectivity index (χ2n) is 16.3. The van der Waals surface area contributed by atoms with Gasteiger partial charge in [-0.15, -0.1) is 0 Å². The maximum atomic E-state index is 13.8. The van der Waals surface area contributed by atoms with Gasteiger partial charge in [0, 0.05) is 49.5 Å². The number of rotatable bonds is 13. The van der Waals surface area contributed by atoms with E-state index in [9.17, 15) is 19.5 Å². The molecule has 6 atom stereocenters. The number of carboxylic acids is 1. The van der Waals surface area contributed by atoms with E-state index in [0.29, 0.717) is 37.9 Å². The summed E-state index contributed by atoms with van der Waals surface area (Å²) in [6, 6.07) is 24.3. The van der Waals surface area contributed by atoms with Crippen LogP contribution in [0, 0.1) is 5.92 Å². The minimum Gasteiger partial charge on any atom is -0.481 e. The number of carbonyl (C=O) groups is 3. The van der Waals surface area contributed by atoms with E-state index in [1.807, 2.05) is 87.5 Å². The second-order valence-corrected chi connectivity index (χ2v) is 16.3. The van der Waals surface area contributed by atoms with E-state index < -0.39 is 12.3 Å². The minimum atomic E-state index is -0.904. The number of hydrogen-bond acceptors (Lipinski definition) is 7. The normalized spacial score (nSPS) is 24.7. The lowest BCUT2D eigenvalue weighted by atomic mass is 9.75. The number of hydrogen-bond donors (Lipinski definition) is 4. The molecule has 10 heteroatoms. The van der Waals surface area contributed by atoms with Crippen molar-refractivity contribution < 1.29 is 34.1 Å². The molecule has 0 unspecified atom stereocenters. The van der Waals surface area contributed by atoms with Gasteiger partial charge in [-0.2, -0.15) is 0 Å². The van der Waals surface area contributed by atoms with Gasteiger partial charge in [-0.3, -0.25) is 19.3 Å². The van der Waals surface area contributed by atoms with E-state index in [0.717, 1.165) is 52.6 Å². The quantitative estimate of drug-likeness (QED) is 0.145. The molecule has 6 rings (SSSR count). The largest absolute Gasteiger partial charge is 0.481 e. The zero-order valence-corrected chi connectivity index (χ0v) is 32.0. The van der Waals surface area contributed by atoms with Crippen LogP contribution in [0.2, 0.25) is 0 Å². The van der Waals surface area contributed by atoms with Crippen LogP contribution in [0.4, 0.5) is 0 Å². The summed E-state index contributed by atoms with van der Waals surface area (Å²) in [6.45, 7) is 7.07. The van der Waals surface area contributed by atoms with Crippen LogP contribution in [0.15, 0.2) is 72.8 Å². The van der Waals surface area contributed by atoms with Crippen molar-refractivity contribution >= 4 is 17.8 Å².